The minimum atomic E-state index is -1.75. The minimum absolute atomic E-state index is 0.0548. The molecule has 9 atom stereocenters. The van der Waals surface area contributed by atoms with Gasteiger partial charge in [-0.25, -0.2) is 9.59 Å². The summed E-state index contributed by atoms with van der Waals surface area (Å²) in [5.74, 6) is -2.81. The van der Waals surface area contributed by atoms with Gasteiger partial charge >= 0.3 is 11.9 Å². The number of ether oxygens (including phenoxy) is 6. The molecule has 7 aliphatic rings. The van der Waals surface area contributed by atoms with Crippen molar-refractivity contribution in [2.24, 2.45) is 10.8 Å². The van der Waals surface area contributed by atoms with Crippen LogP contribution in [-0.4, -0.2) is 78.8 Å². The molecule has 9 heteroatoms. The van der Waals surface area contributed by atoms with E-state index in [4.69, 9.17) is 28.4 Å². The Kier molecular flexibility index (Phi) is 6.05. The third kappa shape index (κ3) is 3.70. The van der Waals surface area contributed by atoms with E-state index in [-0.39, 0.29) is 25.4 Å². The number of allylic oxidation sites excluding steroid dienone is 3. The number of carbonyl (C=O) groups excluding carboxylic acids is 2. The normalized spacial score (nSPS) is 51.4. The summed E-state index contributed by atoms with van der Waals surface area (Å²) in [4.78, 5) is 26.1. The topological polar surface area (TPSA) is 113 Å². The first-order valence-electron chi connectivity index (χ1n) is 13.4. The van der Waals surface area contributed by atoms with Crippen LogP contribution in [0.5, 0.6) is 0 Å². The predicted octanol–water partition coefficient (Wildman–Crippen LogP) is 2.68. The van der Waals surface area contributed by atoms with Gasteiger partial charge in [0.2, 0.25) is 5.79 Å². The van der Waals surface area contributed by atoms with E-state index in [0.29, 0.717) is 25.0 Å². The van der Waals surface area contributed by atoms with Gasteiger partial charge in [-0.3, -0.25) is 0 Å². The lowest BCUT2D eigenvalue weighted by atomic mass is 9.51. The quantitative estimate of drug-likeness (QED) is 0.288. The number of hydrogen-bond acceptors (Lipinski definition) is 9. The fourth-order valence-electron chi connectivity index (χ4n) is 7.32. The molecule has 0 aromatic carbocycles. The Bertz CT molecular complexity index is 1150. The third-order valence-electron chi connectivity index (χ3n) is 9.86. The fraction of sp³-hybridized carbons (Fsp3) is 0.655. The van der Waals surface area contributed by atoms with Gasteiger partial charge in [0, 0.05) is 24.0 Å². The van der Waals surface area contributed by atoms with Crippen LogP contribution in [0, 0.1) is 10.8 Å². The van der Waals surface area contributed by atoms with Crippen molar-refractivity contribution in [3.05, 3.63) is 47.6 Å². The molecule has 38 heavy (non-hydrogen) atoms. The van der Waals surface area contributed by atoms with E-state index in [1.54, 1.807) is 32.1 Å². The third-order valence-corrected chi connectivity index (χ3v) is 9.86. The Morgan fingerprint density at radius 1 is 1.05 bits per heavy atom. The largest absolute Gasteiger partial charge is 0.462 e. The predicted molar refractivity (Wildman–Crippen MR) is 134 cm³/mol. The molecular weight excluding hydrogens is 492 g/mol. The number of carbonyl (C=O) groups is 2. The van der Waals surface area contributed by atoms with E-state index in [2.05, 4.69) is 19.9 Å². The summed E-state index contributed by atoms with van der Waals surface area (Å²) in [6, 6.07) is 0. The van der Waals surface area contributed by atoms with Crippen molar-refractivity contribution in [3.8, 4) is 0 Å². The molecule has 1 N–H and O–H groups in total. The summed E-state index contributed by atoms with van der Waals surface area (Å²) in [5.41, 5.74) is -0.391. The van der Waals surface area contributed by atoms with Crippen LogP contribution in [0.15, 0.2) is 47.6 Å². The van der Waals surface area contributed by atoms with E-state index >= 15 is 0 Å². The molecule has 4 fully saturated rings. The molecule has 1 saturated carbocycles. The second kappa shape index (κ2) is 8.86. The monoisotopic (exact) mass is 528 g/mol. The van der Waals surface area contributed by atoms with E-state index in [9.17, 15) is 14.7 Å². The lowest BCUT2D eigenvalue weighted by Gasteiger charge is -2.58. The van der Waals surface area contributed by atoms with Crippen molar-refractivity contribution in [1.29, 1.82) is 0 Å². The van der Waals surface area contributed by atoms with E-state index in [1.807, 2.05) is 0 Å². The zero-order chi connectivity index (χ0) is 26.9. The Morgan fingerprint density at radius 2 is 1.84 bits per heavy atom. The van der Waals surface area contributed by atoms with Crippen molar-refractivity contribution >= 4 is 11.9 Å². The summed E-state index contributed by atoms with van der Waals surface area (Å²) < 4.78 is 36.5. The highest BCUT2D eigenvalue weighted by atomic mass is 16.7. The SMILES string of the molecule is CC1=C[C@H]2O[C@@H]3C[C@H]4OC(=O)/C=C\C=C\[C@H]5OC[C@@](O)(O[C@@H]5C)/C(C)=C/C(=O)OC[C@@]2(CC1)[C@]4(C)C31CO1. The van der Waals surface area contributed by atoms with E-state index in [0.717, 1.165) is 6.42 Å². The van der Waals surface area contributed by atoms with Crippen molar-refractivity contribution in [3.63, 3.8) is 0 Å². The maximum absolute atomic E-state index is 13.1. The molecule has 5 aliphatic heterocycles. The number of esters is 2. The van der Waals surface area contributed by atoms with Gasteiger partial charge in [0.1, 0.15) is 31.0 Å². The molecule has 0 radical (unpaired) electrons. The van der Waals surface area contributed by atoms with Crippen molar-refractivity contribution < 1.29 is 43.1 Å². The minimum Gasteiger partial charge on any atom is -0.462 e. The Balaban J connectivity index is 1.40. The maximum atomic E-state index is 13.1. The fourth-order valence-corrected chi connectivity index (χ4v) is 7.32. The van der Waals surface area contributed by atoms with Gasteiger partial charge in [0.15, 0.2) is 0 Å². The van der Waals surface area contributed by atoms with Gasteiger partial charge in [0.05, 0.1) is 30.3 Å². The zero-order valence-electron chi connectivity index (χ0n) is 22.3. The molecule has 0 aromatic heterocycles. The Hall–Kier alpha value is -2.30. The molecule has 4 bridgehead atoms. The molecule has 5 heterocycles. The van der Waals surface area contributed by atoms with Crippen LogP contribution in [0.3, 0.4) is 0 Å². The first-order chi connectivity index (χ1) is 18.0. The molecule has 2 aliphatic carbocycles. The molecular formula is C29H36O9. The van der Waals surface area contributed by atoms with Crippen molar-refractivity contribution in [2.45, 2.75) is 88.9 Å². The summed E-state index contributed by atoms with van der Waals surface area (Å²) in [6.07, 6.45) is 9.90. The Morgan fingerprint density at radius 3 is 2.58 bits per heavy atom. The zero-order valence-corrected chi connectivity index (χ0v) is 22.3. The molecule has 0 amide bonds. The lowest BCUT2D eigenvalue weighted by Crippen LogP contribution is -2.66. The number of aliphatic hydroxyl groups is 1. The van der Waals surface area contributed by atoms with Gasteiger partial charge in [-0.05, 0) is 39.2 Å². The van der Waals surface area contributed by atoms with E-state index < -0.39 is 52.5 Å². The van der Waals surface area contributed by atoms with Crippen LogP contribution >= 0.6 is 0 Å². The highest BCUT2D eigenvalue weighted by molar-refractivity contribution is 5.83. The smallest absolute Gasteiger partial charge is 0.331 e. The van der Waals surface area contributed by atoms with Gasteiger partial charge in [-0.15, -0.1) is 0 Å². The Labute approximate surface area is 222 Å². The number of fused-ring (bicyclic) bond motifs is 8. The molecule has 7 rings (SSSR count). The van der Waals surface area contributed by atoms with Gasteiger partial charge in [-0.1, -0.05) is 36.8 Å². The van der Waals surface area contributed by atoms with Gasteiger partial charge in [-0.2, -0.15) is 0 Å². The molecule has 206 valence electrons. The highest BCUT2D eigenvalue weighted by Gasteiger charge is 2.83. The van der Waals surface area contributed by atoms with Gasteiger partial charge < -0.3 is 33.5 Å². The average molecular weight is 529 g/mol. The first-order valence-corrected chi connectivity index (χ1v) is 13.4. The maximum Gasteiger partial charge on any atom is 0.331 e. The standard InChI is InChI=1S/C29H36O9/c1-17-9-10-27-14-34-25(31)12-18(2)29(32)16-33-20(19(3)38-29)7-5-6-8-24(30)37-21-13-23(36-22(27)11-17)28(15-35-28)26(21,27)4/h5-8,11-12,19-23,32H,9-10,13-16H2,1-4H3/b7-5+,8-6-,18-12+/t19-,20-,21-,22-,23-,26-,27-,28?,29-/m1/s1. The van der Waals surface area contributed by atoms with Crippen LogP contribution < -0.4 is 0 Å². The van der Waals surface area contributed by atoms with E-state index in [1.165, 1.54) is 17.7 Å². The van der Waals surface area contributed by atoms with Crippen LogP contribution in [0.25, 0.3) is 0 Å². The lowest BCUT2D eigenvalue weighted by molar-refractivity contribution is -0.286. The van der Waals surface area contributed by atoms with Crippen LogP contribution in [-0.2, 0) is 38.0 Å². The second-order valence-electron chi connectivity index (χ2n) is 11.8. The van der Waals surface area contributed by atoms with Crippen LogP contribution in [0.1, 0.15) is 47.0 Å². The summed E-state index contributed by atoms with van der Waals surface area (Å²) in [5, 5.41) is 11.1. The van der Waals surface area contributed by atoms with Crippen molar-refractivity contribution in [2.75, 3.05) is 19.8 Å². The summed E-state index contributed by atoms with van der Waals surface area (Å²) in [6.45, 7) is 7.98. The molecule has 9 nitrogen and oxygen atoms in total. The number of rotatable bonds is 0. The molecule has 1 unspecified atom stereocenters. The average Bonchev–Trinajstić information content (AvgIpc) is 3.64. The van der Waals surface area contributed by atoms with Crippen LogP contribution in [0.4, 0.5) is 0 Å². The first kappa shape index (κ1) is 26.0. The highest BCUT2D eigenvalue weighted by Crippen LogP contribution is 2.72. The van der Waals surface area contributed by atoms with Gasteiger partial charge in [0.25, 0.3) is 0 Å². The molecule has 3 saturated heterocycles. The second-order valence-corrected chi connectivity index (χ2v) is 11.8. The van der Waals surface area contributed by atoms with Crippen LogP contribution in [0.2, 0.25) is 0 Å². The summed E-state index contributed by atoms with van der Waals surface area (Å²) >= 11 is 0. The number of hydrogen-bond donors (Lipinski definition) is 1. The summed E-state index contributed by atoms with van der Waals surface area (Å²) in [7, 11) is 0. The molecule has 2 spiro atoms. The van der Waals surface area contributed by atoms with Crippen molar-refractivity contribution in [1.82, 2.24) is 0 Å². The number of epoxide rings is 1. The molecule has 0 aromatic rings.